The Kier molecular flexibility index (Phi) is 6.99. The fourth-order valence-corrected chi connectivity index (χ4v) is 1.36. The molecule has 0 fully saturated rings. The summed E-state index contributed by atoms with van der Waals surface area (Å²) in [6.45, 7) is 11.8. The zero-order chi connectivity index (χ0) is 10.1. The van der Waals surface area contributed by atoms with Crippen molar-refractivity contribution in [3.05, 3.63) is 48.6 Å². The lowest BCUT2D eigenvalue weighted by molar-refractivity contribution is 0.894. The number of hydrogen-bond acceptors (Lipinski definition) is 0. The molecule has 72 valence electrons. The van der Waals surface area contributed by atoms with E-state index in [-0.39, 0.29) is 0 Å². The molecule has 0 aromatic heterocycles. The van der Waals surface area contributed by atoms with Crippen LogP contribution in [-0.4, -0.2) is 0 Å². The van der Waals surface area contributed by atoms with Gasteiger partial charge in [0.2, 0.25) is 0 Å². The maximum absolute atomic E-state index is 3.73. The predicted octanol–water partition coefficient (Wildman–Crippen LogP) is 4.42. The summed E-state index contributed by atoms with van der Waals surface area (Å²) in [6.07, 6.45) is 11.3. The van der Waals surface area contributed by atoms with Crippen LogP contribution in [-0.2, 0) is 0 Å². The van der Waals surface area contributed by atoms with Gasteiger partial charge in [-0.25, -0.2) is 0 Å². The first-order valence-electron chi connectivity index (χ1n) is 4.93. The van der Waals surface area contributed by atoms with Crippen LogP contribution in [0.15, 0.2) is 48.6 Å². The molecule has 0 heterocycles. The van der Waals surface area contributed by atoms with E-state index in [4.69, 9.17) is 0 Å². The summed E-state index contributed by atoms with van der Waals surface area (Å²) in [5, 5.41) is 0. The Bertz CT molecular complexity index is 216. The van der Waals surface area contributed by atoms with Gasteiger partial charge in [-0.3, -0.25) is 0 Å². The molecule has 0 N–H and O–H groups in total. The van der Waals surface area contributed by atoms with E-state index in [2.05, 4.69) is 39.2 Å². The topological polar surface area (TPSA) is 0 Å². The number of allylic oxidation sites excluding steroid dienone is 6. The highest BCUT2D eigenvalue weighted by molar-refractivity contribution is 5.35. The maximum Gasteiger partial charge on any atom is -0.0279 e. The summed E-state index contributed by atoms with van der Waals surface area (Å²) < 4.78 is 0. The Morgan fingerprint density at radius 3 is 1.92 bits per heavy atom. The molecule has 0 amide bonds. The fourth-order valence-electron chi connectivity index (χ4n) is 1.36. The summed E-state index contributed by atoms with van der Waals surface area (Å²) in [4.78, 5) is 0. The summed E-state index contributed by atoms with van der Waals surface area (Å²) in [6, 6.07) is 0. The lowest BCUT2D eigenvalue weighted by Gasteiger charge is -2.07. The molecular weight excluding hydrogens is 156 g/mol. The van der Waals surface area contributed by atoms with Gasteiger partial charge >= 0.3 is 0 Å². The first kappa shape index (κ1) is 12.0. The summed E-state index contributed by atoms with van der Waals surface area (Å²) in [7, 11) is 0. The molecule has 0 atom stereocenters. The molecule has 0 aromatic carbocycles. The van der Waals surface area contributed by atoms with Gasteiger partial charge in [0, 0.05) is 0 Å². The molecule has 0 aliphatic rings. The second-order valence-electron chi connectivity index (χ2n) is 2.96. The standard InChI is InChI=1S/C13H20/c1-5-9-12(8-4)13(10-6-2)11-7-3/h5-6,9-10H,1-2,7-8,11H2,3-4H3/b12-9-,13-10-. The van der Waals surface area contributed by atoms with Crippen LogP contribution in [0, 0.1) is 0 Å². The van der Waals surface area contributed by atoms with Crippen molar-refractivity contribution in [2.45, 2.75) is 33.1 Å². The molecule has 0 radical (unpaired) electrons. The van der Waals surface area contributed by atoms with Crippen LogP contribution >= 0.6 is 0 Å². The SMILES string of the molecule is C=C/C=C(CC)\C(=C/C=C)CCC. The molecule has 0 aliphatic carbocycles. The molecule has 0 nitrogen and oxygen atoms in total. The van der Waals surface area contributed by atoms with Gasteiger partial charge in [0.1, 0.15) is 0 Å². The monoisotopic (exact) mass is 176 g/mol. The average Bonchev–Trinajstić information content (AvgIpc) is 2.14. The van der Waals surface area contributed by atoms with Gasteiger partial charge in [0.05, 0.1) is 0 Å². The molecule has 0 unspecified atom stereocenters. The highest BCUT2D eigenvalue weighted by atomic mass is 14.0. The van der Waals surface area contributed by atoms with Crippen LogP contribution in [0.3, 0.4) is 0 Å². The third-order valence-electron chi connectivity index (χ3n) is 1.95. The van der Waals surface area contributed by atoms with Gasteiger partial charge in [-0.1, -0.05) is 57.7 Å². The Balaban J connectivity index is 4.68. The van der Waals surface area contributed by atoms with Crippen molar-refractivity contribution in [1.82, 2.24) is 0 Å². The first-order valence-corrected chi connectivity index (χ1v) is 4.93. The molecule has 0 rings (SSSR count). The highest BCUT2D eigenvalue weighted by Crippen LogP contribution is 2.19. The normalized spacial score (nSPS) is 12.8. The van der Waals surface area contributed by atoms with Crippen LogP contribution < -0.4 is 0 Å². The van der Waals surface area contributed by atoms with E-state index in [9.17, 15) is 0 Å². The largest absolute Gasteiger partial charge is 0.0991 e. The fraction of sp³-hybridized carbons (Fsp3) is 0.385. The van der Waals surface area contributed by atoms with Crippen molar-refractivity contribution in [1.29, 1.82) is 0 Å². The molecule has 0 bridgehead atoms. The zero-order valence-corrected chi connectivity index (χ0v) is 8.84. The van der Waals surface area contributed by atoms with Gasteiger partial charge in [-0.2, -0.15) is 0 Å². The van der Waals surface area contributed by atoms with Gasteiger partial charge in [0.15, 0.2) is 0 Å². The van der Waals surface area contributed by atoms with Crippen molar-refractivity contribution in [3.63, 3.8) is 0 Å². The quantitative estimate of drug-likeness (QED) is 0.525. The summed E-state index contributed by atoms with van der Waals surface area (Å²) >= 11 is 0. The van der Waals surface area contributed by atoms with Crippen molar-refractivity contribution in [3.8, 4) is 0 Å². The van der Waals surface area contributed by atoms with E-state index in [0.29, 0.717) is 0 Å². The van der Waals surface area contributed by atoms with Crippen molar-refractivity contribution < 1.29 is 0 Å². The van der Waals surface area contributed by atoms with Crippen LogP contribution in [0.4, 0.5) is 0 Å². The van der Waals surface area contributed by atoms with Gasteiger partial charge < -0.3 is 0 Å². The molecule has 0 spiro atoms. The van der Waals surface area contributed by atoms with Crippen LogP contribution in [0.5, 0.6) is 0 Å². The lowest BCUT2D eigenvalue weighted by atomic mass is 9.98. The maximum atomic E-state index is 3.73. The number of rotatable bonds is 6. The molecule has 0 saturated carbocycles. The van der Waals surface area contributed by atoms with E-state index in [0.717, 1.165) is 12.8 Å². The minimum atomic E-state index is 1.06. The van der Waals surface area contributed by atoms with Crippen molar-refractivity contribution in [2.24, 2.45) is 0 Å². The van der Waals surface area contributed by atoms with Gasteiger partial charge in [-0.05, 0) is 24.0 Å². The van der Waals surface area contributed by atoms with E-state index in [1.54, 1.807) is 0 Å². The molecule has 0 saturated heterocycles. The second kappa shape index (κ2) is 7.60. The summed E-state index contributed by atoms with van der Waals surface area (Å²) in [5.74, 6) is 0. The van der Waals surface area contributed by atoms with Crippen molar-refractivity contribution >= 4 is 0 Å². The Labute approximate surface area is 82.4 Å². The minimum Gasteiger partial charge on any atom is -0.0991 e. The third kappa shape index (κ3) is 4.51. The molecule has 0 aliphatic heterocycles. The minimum absolute atomic E-state index is 1.06. The smallest absolute Gasteiger partial charge is 0.0279 e. The van der Waals surface area contributed by atoms with E-state index >= 15 is 0 Å². The molecular formula is C13H20. The van der Waals surface area contributed by atoms with E-state index < -0.39 is 0 Å². The average molecular weight is 176 g/mol. The van der Waals surface area contributed by atoms with Crippen LogP contribution in [0.25, 0.3) is 0 Å². The van der Waals surface area contributed by atoms with Crippen molar-refractivity contribution in [2.75, 3.05) is 0 Å². The van der Waals surface area contributed by atoms with Gasteiger partial charge in [0.25, 0.3) is 0 Å². The molecule has 0 aromatic rings. The van der Waals surface area contributed by atoms with Crippen LogP contribution in [0.1, 0.15) is 33.1 Å². The highest BCUT2D eigenvalue weighted by Gasteiger charge is 1.99. The predicted molar refractivity (Wildman–Crippen MR) is 61.8 cm³/mol. The Morgan fingerprint density at radius 2 is 1.54 bits per heavy atom. The Morgan fingerprint density at radius 1 is 1.00 bits per heavy atom. The third-order valence-corrected chi connectivity index (χ3v) is 1.95. The first-order chi connectivity index (χ1) is 6.29. The van der Waals surface area contributed by atoms with Gasteiger partial charge in [-0.15, -0.1) is 0 Å². The molecule has 13 heavy (non-hydrogen) atoms. The number of hydrogen-bond donors (Lipinski definition) is 0. The molecule has 0 heteroatoms. The summed E-state index contributed by atoms with van der Waals surface area (Å²) in [5.41, 5.74) is 2.76. The lowest BCUT2D eigenvalue weighted by Crippen LogP contribution is -1.88. The Hall–Kier alpha value is -1.04. The van der Waals surface area contributed by atoms with E-state index in [1.807, 2.05) is 12.2 Å². The van der Waals surface area contributed by atoms with Crippen LogP contribution in [0.2, 0.25) is 0 Å². The van der Waals surface area contributed by atoms with E-state index in [1.165, 1.54) is 17.6 Å². The second-order valence-corrected chi connectivity index (χ2v) is 2.96. The zero-order valence-electron chi connectivity index (χ0n) is 8.84.